The summed E-state index contributed by atoms with van der Waals surface area (Å²) in [5, 5.41) is 0. The molecule has 0 aliphatic heterocycles. The highest BCUT2D eigenvalue weighted by Gasteiger charge is 1.72. The van der Waals surface area contributed by atoms with Crippen molar-refractivity contribution in [1.82, 2.24) is 0 Å². The molecule has 2 aromatic carbocycles. The smallest absolute Gasteiger partial charge is 0.0313 e. The van der Waals surface area contributed by atoms with Gasteiger partial charge in [0.2, 0.25) is 0 Å². The maximum absolute atomic E-state index is 5.36. The molecule has 0 fully saturated rings. The van der Waals surface area contributed by atoms with Crippen LogP contribution in [-0.2, 0) is 0 Å². The molecule has 0 spiro atoms. The molecule has 0 saturated heterocycles. The molecule has 0 aromatic heterocycles. The number of hydrogen-bond acceptors (Lipinski definition) is 3. The van der Waals surface area contributed by atoms with Crippen LogP contribution < -0.4 is 11.5 Å². The molecule has 92 valence electrons. The molecule has 4 N–H and O–H groups in total. The minimum absolute atomic E-state index is 0.822. The lowest BCUT2D eigenvalue weighted by atomic mass is 10.3. The van der Waals surface area contributed by atoms with Gasteiger partial charge in [-0.05, 0) is 30.0 Å². The maximum Gasteiger partial charge on any atom is 0.0313 e. The van der Waals surface area contributed by atoms with E-state index in [1.807, 2.05) is 67.6 Å². The monoisotopic (exact) mass is 248 g/mol. The fourth-order valence-electron chi connectivity index (χ4n) is 0.906. The molecule has 0 atom stereocenters. The van der Waals surface area contributed by atoms with Crippen LogP contribution in [0, 0.1) is 0 Å². The Kier molecular flexibility index (Phi) is 9.86. The van der Waals surface area contributed by atoms with E-state index in [9.17, 15) is 0 Å². The molecule has 0 aliphatic rings. The van der Waals surface area contributed by atoms with Gasteiger partial charge in [0.05, 0.1) is 0 Å². The molecule has 0 heterocycles. The number of benzene rings is 2. The first kappa shape index (κ1) is 15.4. The van der Waals surface area contributed by atoms with Crippen LogP contribution in [0.3, 0.4) is 0 Å². The minimum atomic E-state index is 0.822. The third kappa shape index (κ3) is 10.7. The fourth-order valence-corrected chi connectivity index (χ4v) is 0.906. The molecule has 0 amide bonds. The van der Waals surface area contributed by atoms with E-state index in [2.05, 4.69) is 12.6 Å². The van der Waals surface area contributed by atoms with Crippen molar-refractivity contribution in [3.8, 4) is 0 Å². The van der Waals surface area contributed by atoms with Gasteiger partial charge in [0.15, 0.2) is 0 Å². The van der Waals surface area contributed by atoms with Crippen molar-refractivity contribution in [1.29, 1.82) is 0 Å². The van der Waals surface area contributed by atoms with E-state index in [0.717, 1.165) is 17.1 Å². The Bertz CT molecular complexity index is 325. The summed E-state index contributed by atoms with van der Waals surface area (Å²) < 4.78 is 0. The summed E-state index contributed by atoms with van der Waals surface area (Å²) in [5.74, 6) is 0.944. The highest BCUT2D eigenvalue weighted by Crippen LogP contribution is 1.96. The molecular weight excluding hydrogens is 228 g/mol. The summed E-state index contributed by atoms with van der Waals surface area (Å²) in [6, 6.07) is 19.0. The number of rotatable bonds is 0. The van der Waals surface area contributed by atoms with Gasteiger partial charge in [0.25, 0.3) is 0 Å². The van der Waals surface area contributed by atoms with Crippen LogP contribution in [-0.4, -0.2) is 5.75 Å². The number of anilines is 2. The van der Waals surface area contributed by atoms with Gasteiger partial charge in [-0.25, -0.2) is 0 Å². The van der Waals surface area contributed by atoms with Gasteiger partial charge in [0.1, 0.15) is 0 Å². The largest absolute Gasteiger partial charge is 0.399 e. The van der Waals surface area contributed by atoms with E-state index in [1.165, 1.54) is 0 Å². The molecule has 17 heavy (non-hydrogen) atoms. The summed E-state index contributed by atoms with van der Waals surface area (Å²) >= 11 is 3.79. The van der Waals surface area contributed by atoms with Crippen LogP contribution in [0.4, 0.5) is 11.4 Å². The standard InChI is InChI=1S/2C6H7N.C2H6S/c2*7-6-4-2-1-3-5-6;1-2-3/h2*1-5H,7H2;3H,2H2,1H3. The zero-order valence-corrected chi connectivity index (χ0v) is 11.0. The topological polar surface area (TPSA) is 52.0 Å². The normalized spacial score (nSPS) is 8.12. The predicted molar refractivity (Wildman–Crippen MR) is 81.2 cm³/mol. The van der Waals surface area contributed by atoms with Gasteiger partial charge in [0, 0.05) is 11.4 Å². The average Bonchev–Trinajstić information content (AvgIpc) is 2.33. The van der Waals surface area contributed by atoms with Gasteiger partial charge >= 0.3 is 0 Å². The van der Waals surface area contributed by atoms with E-state index >= 15 is 0 Å². The van der Waals surface area contributed by atoms with Crippen molar-refractivity contribution in [2.24, 2.45) is 0 Å². The van der Waals surface area contributed by atoms with Crippen molar-refractivity contribution in [3.05, 3.63) is 60.7 Å². The van der Waals surface area contributed by atoms with Gasteiger partial charge in [-0.15, -0.1) is 0 Å². The summed E-state index contributed by atoms with van der Waals surface area (Å²) in [6.07, 6.45) is 0. The number of hydrogen-bond donors (Lipinski definition) is 3. The molecule has 2 aromatic rings. The van der Waals surface area contributed by atoms with Crippen LogP contribution in [0.15, 0.2) is 60.7 Å². The molecule has 2 nitrogen and oxygen atoms in total. The number of nitrogens with two attached hydrogens (primary N) is 2. The number of thiol groups is 1. The van der Waals surface area contributed by atoms with Crippen molar-refractivity contribution in [3.63, 3.8) is 0 Å². The first-order valence-corrected chi connectivity index (χ1v) is 6.05. The van der Waals surface area contributed by atoms with Gasteiger partial charge in [-0.3, -0.25) is 0 Å². The van der Waals surface area contributed by atoms with Crippen LogP contribution in [0.2, 0.25) is 0 Å². The Morgan fingerprint density at radius 1 is 0.765 bits per heavy atom. The third-order valence-corrected chi connectivity index (χ3v) is 1.60. The zero-order valence-electron chi connectivity index (χ0n) is 10.1. The molecule has 0 radical (unpaired) electrons. The lowest BCUT2D eigenvalue weighted by molar-refractivity contribution is 1.54. The quantitative estimate of drug-likeness (QED) is 0.494. The first-order chi connectivity index (χ1) is 8.20. The van der Waals surface area contributed by atoms with E-state index in [-0.39, 0.29) is 0 Å². The summed E-state index contributed by atoms with van der Waals surface area (Å²) in [7, 11) is 0. The zero-order chi connectivity index (χ0) is 12.9. The van der Waals surface area contributed by atoms with Crippen molar-refractivity contribution >= 4 is 24.0 Å². The molecule has 0 saturated carbocycles. The highest BCUT2D eigenvalue weighted by atomic mass is 32.1. The van der Waals surface area contributed by atoms with Crippen LogP contribution in [0.1, 0.15) is 6.92 Å². The molecule has 3 heteroatoms. The molecule has 2 rings (SSSR count). The first-order valence-electron chi connectivity index (χ1n) is 5.42. The second-order valence-electron chi connectivity index (χ2n) is 3.14. The maximum atomic E-state index is 5.36. The molecule has 0 bridgehead atoms. The Hall–Kier alpha value is -1.61. The van der Waals surface area contributed by atoms with Gasteiger partial charge < -0.3 is 11.5 Å². The molecule has 0 aliphatic carbocycles. The fraction of sp³-hybridized carbons (Fsp3) is 0.143. The highest BCUT2D eigenvalue weighted by molar-refractivity contribution is 7.80. The van der Waals surface area contributed by atoms with E-state index in [4.69, 9.17) is 11.5 Å². The summed E-state index contributed by atoms with van der Waals surface area (Å²) in [5.41, 5.74) is 12.4. The molecular formula is C14H20N2S. The Morgan fingerprint density at radius 2 is 1.00 bits per heavy atom. The average molecular weight is 248 g/mol. The minimum Gasteiger partial charge on any atom is -0.399 e. The lowest BCUT2D eigenvalue weighted by Crippen LogP contribution is -1.79. The van der Waals surface area contributed by atoms with Gasteiger partial charge in [-0.2, -0.15) is 12.6 Å². The van der Waals surface area contributed by atoms with E-state index in [0.29, 0.717) is 0 Å². The SMILES string of the molecule is CCS.Nc1ccccc1.Nc1ccccc1. The Balaban J connectivity index is 0.000000247. The van der Waals surface area contributed by atoms with E-state index < -0.39 is 0 Å². The lowest BCUT2D eigenvalue weighted by Gasteiger charge is -1.83. The summed E-state index contributed by atoms with van der Waals surface area (Å²) in [6.45, 7) is 1.99. The second-order valence-corrected chi connectivity index (χ2v) is 3.77. The number of nitrogen functional groups attached to an aromatic ring is 2. The van der Waals surface area contributed by atoms with Crippen LogP contribution >= 0.6 is 12.6 Å². The Labute approximate surface area is 109 Å². The van der Waals surface area contributed by atoms with E-state index in [1.54, 1.807) is 0 Å². The Morgan fingerprint density at radius 3 is 1.12 bits per heavy atom. The van der Waals surface area contributed by atoms with Crippen molar-refractivity contribution in [2.45, 2.75) is 6.92 Å². The van der Waals surface area contributed by atoms with Gasteiger partial charge in [-0.1, -0.05) is 43.3 Å². The third-order valence-electron chi connectivity index (χ3n) is 1.60. The predicted octanol–water partition coefficient (Wildman–Crippen LogP) is 3.47. The van der Waals surface area contributed by atoms with Crippen molar-refractivity contribution in [2.75, 3.05) is 17.2 Å². The number of para-hydroxylation sites is 2. The van der Waals surface area contributed by atoms with Crippen LogP contribution in [0.25, 0.3) is 0 Å². The molecule has 0 unspecified atom stereocenters. The van der Waals surface area contributed by atoms with Crippen LogP contribution in [0.5, 0.6) is 0 Å². The van der Waals surface area contributed by atoms with Crippen molar-refractivity contribution < 1.29 is 0 Å². The summed E-state index contributed by atoms with van der Waals surface area (Å²) in [4.78, 5) is 0. The second kappa shape index (κ2) is 10.9.